The van der Waals surface area contributed by atoms with Crippen LogP contribution in [0.2, 0.25) is 0 Å². The van der Waals surface area contributed by atoms with Crippen molar-refractivity contribution in [3.05, 3.63) is 0 Å². The number of nitrogens with zero attached hydrogens (tertiary/aromatic N) is 3. The van der Waals surface area contributed by atoms with Crippen molar-refractivity contribution in [3.63, 3.8) is 0 Å². The van der Waals surface area contributed by atoms with Crippen molar-refractivity contribution in [1.29, 1.82) is 0 Å². The average molecular weight is 343 g/mol. The van der Waals surface area contributed by atoms with Crippen molar-refractivity contribution >= 4 is 26.2 Å². The van der Waals surface area contributed by atoms with Crippen LogP contribution < -0.4 is 0 Å². The third-order valence-electron chi connectivity index (χ3n) is 3.25. The van der Waals surface area contributed by atoms with Crippen LogP contribution in [0.15, 0.2) is 0 Å². The van der Waals surface area contributed by atoms with Gasteiger partial charge >= 0.3 is 5.97 Å². The van der Waals surface area contributed by atoms with Crippen molar-refractivity contribution in [1.82, 2.24) is 12.9 Å². The Bertz CT molecular complexity index is 566. The quantitative estimate of drug-likeness (QED) is 0.533. The summed E-state index contributed by atoms with van der Waals surface area (Å²) in [6.45, 7) is 0.461. The number of carbonyl (C=O) groups is 1. The van der Waals surface area contributed by atoms with Crippen molar-refractivity contribution < 1.29 is 26.4 Å². The van der Waals surface area contributed by atoms with Gasteiger partial charge in [-0.1, -0.05) is 0 Å². The van der Waals surface area contributed by atoms with Crippen LogP contribution in [-0.2, 0) is 29.8 Å². The molecule has 0 radical (unpaired) electrons. The summed E-state index contributed by atoms with van der Waals surface area (Å²) in [6.07, 6.45) is 1.06. The SMILES string of the molecule is COC(=O)CCN(C)S(=O)(=O)N1CCN(S(C)(=O)=O)CC1. The van der Waals surface area contributed by atoms with E-state index in [0.717, 1.165) is 10.6 Å². The van der Waals surface area contributed by atoms with Gasteiger partial charge in [0.15, 0.2) is 0 Å². The molecule has 0 N–H and O–H groups in total. The lowest BCUT2D eigenvalue weighted by atomic mass is 10.4. The molecule has 1 heterocycles. The number of hydrogen-bond acceptors (Lipinski definition) is 6. The minimum Gasteiger partial charge on any atom is -0.469 e. The van der Waals surface area contributed by atoms with Gasteiger partial charge in [0.05, 0.1) is 19.8 Å². The number of carbonyl (C=O) groups excluding carboxylic acids is 1. The molecule has 0 aromatic carbocycles. The average Bonchev–Trinajstić information content (AvgIpc) is 2.43. The predicted octanol–water partition coefficient (Wildman–Crippen LogP) is -1.70. The monoisotopic (exact) mass is 343 g/mol. The highest BCUT2D eigenvalue weighted by Gasteiger charge is 2.32. The van der Waals surface area contributed by atoms with Gasteiger partial charge < -0.3 is 4.74 Å². The van der Waals surface area contributed by atoms with E-state index in [9.17, 15) is 21.6 Å². The summed E-state index contributed by atoms with van der Waals surface area (Å²) in [5.41, 5.74) is 0. The van der Waals surface area contributed by atoms with Gasteiger partial charge in [0.25, 0.3) is 10.2 Å². The molecule has 9 nitrogen and oxygen atoms in total. The van der Waals surface area contributed by atoms with E-state index in [1.807, 2.05) is 0 Å². The Morgan fingerprint density at radius 1 is 1.10 bits per heavy atom. The van der Waals surface area contributed by atoms with E-state index >= 15 is 0 Å². The maximum atomic E-state index is 12.3. The topological polar surface area (TPSA) is 104 Å². The minimum atomic E-state index is -3.70. The molecule has 1 aliphatic rings. The molecule has 1 fully saturated rings. The molecule has 0 aromatic rings. The first kappa shape index (κ1) is 18.3. The fraction of sp³-hybridized carbons (Fsp3) is 0.900. The van der Waals surface area contributed by atoms with Gasteiger partial charge in [0.2, 0.25) is 10.0 Å². The van der Waals surface area contributed by atoms with E-state index in [4.69, 9.17) is 0 Å². The molecule has 0 bridgehead atoms. The Labute approximate surface area is 125 Å². The van der Waals surface area contributed by atoms with Crippen LogP contribution >= 0.6 is 0 Å². The summed E-state index contributed by atoms with van der Waals surface area (Å²) in [5.74, 6) is -0.487. The summed E-state index contributed by atoms with van der Waals surface area (Å²) in [7, 11) is -4.39. The second kappa shape index (κ2) is 7.01. The van der Waals surface area contributed by atoms with Gasteiger partial charge in [-0.2, -0.15) is 21.3 Å². The molecule has 0 saturated carbocycles. The van der Waals surface area contributed by atoms with Gasteiger partial charge in [-0.25, -0.2) is 8.42 Å². The van der Waals surface area contributed by atoms with Crippen molar-refractivity contribution in [2.24, 2.45) is 0 Å². The molecule has 0 spiro atoms. The zero-order chi connectivity index (χ0) is 16.3. The third-order valence-corrected chi connectivity index (χ3v) is 6.54. The standard InChI is InChI=1S/C10H21N3O6S2/c1-11(5-4-10(14)19-2)21(17,18)13-8-6-12(7-9-13)20(3,15)16/h4-9H2,1-3H3. The molecule has 1 aliphatic heterocycles. The number of ether oxygens (including phenoxy) is 1. The number of piperazine rings is 1. The molecule has 11 heteroatoms. The molecule has 0 unspecified atom stereocenters. The fourth-order valence-corrected chi connectivity index (χ4v) is 4.06. The number of methoxy groups -OCH3 is 1. The minimum absolute atomic E-state index is 0.0152. The number of sulfonamides is 1. The highest BCUT2D eigenvalue weighted by Crippen LogP contribution is 2.13. The Morgan fingerprint density at radius 2 is 1.57 bits per heavy atom. The Balaban J connectivity index is 2.62. The van der Waals surface area contributed by atoms with Gasteiger partial charge in [-0.15, -0.1) is 0 Å². The van der Waals surface area contributed by atoms with E-state index in [-0.39, 0.29) is 39.1 Å². The lowest BCUT2D eigenvalue weighted by molar-refractivity contribution is -0.140. The molecule has 124 valence electrons. The van der Waals surface area contributed by atoms with Crippen LogP contribution in [0.3, 0.4) is 0 Å². The second-order valence-electron chi connectivity index (χ2n) is 4.72. The lowest BCUT2D eigenvalue weighted by Gasteiger charge is -2.34. The molecule has 1 rings (SSSR count). The molecule has 0 atom stereocenters. The molecule has 0 amide bonds. The first-order chi connectivity index (χ1) is 9.59. The summed E-state index contributed by atoms with van der Waals surface area (Å²) in [6, 6.07) is 0. The summed E-state index contributed by atoms with van der Waals surface area (Å²) < 4.78 is 55.3. The first-order valence-corrected chi connectivity index (χ1v) is 9.57. The molecule has 0 aromatic heterocycles. The molecular formula is C10H21N3O6S2. The normalized spacial score (nSPS) is 18.9. The summed E-state index contributed by atoms with van der Waals surface area (Å²) in [5, 5.41) is 0. The third kappa shape index (κ3) is 4.88. The van der Waals surface area contributed by atoms with Gasteiger partial charge in [0, 0.05) is 39.8 Å². The van der Waals surface area contributed by atoms with E-state index in [0.29, 0.717) is 0 Å². The molecule has 1 saturated heterocycles. The number of rotatable bonds is 6. The fourth-order valence-electron chi connectivity index (χ4n) is 1.90. The predicted molar refractivity (Wildman–Crippen MR) is 76.2 cm³/mol. The van der Waals surface area contributed by atoms with Crippen LogP contribution in [0.1, 0.15) is 6.42 Å². The van der Waals surface area contributed by atoms with Gasteiger partial charge in [-0.05, 0) is 0 Å². The maximum absolute atomic E-state index is 12.3. The van der Waals surface area contributed by atoms with Crippen molar-refractivity contribution in [2.75, 3.05) is 53.1 Å². The zero-order valence-corrected chi connectivity index (χ0v) is 14.0. The smallest absolute Gasteiger partial charge is 0.306 e. The number of hydrogen-bond donors (Lipinski definition) is 0. The highest BCUT2D eigenvalue weighted by atomic mass is 32.2. The summed E-state index contributed by atoms with van der Waals surface area (Å²) in [4.78, 5) is 11.0. The van der Waals surface area contributed by atoms with Crippen LogP contribution in [0.25, 0.3) is 0 Å². The highest BCUT2D eigenvalue weighted by molar-refractivity contribution is 7.88. The Kier molecular flexibility index (Phi) is 6.11. The van der Waals surface area contributed by atoms with E-state index in [1.165, 1.54) is 22.8 Å². The van der Waals surface area contributed by atoms with Crippen LogP contribution in [0, 0.1) is 0 Å². The molecule has 21 heavy (non-hydrogen) atoms. The lowest BCUT2D eigenvalue weighted by Crippen LogP contribution is -2.53. The molecular weight excluding hydrogens is 322 g/mol. The Hall–Kier alpha value is -0.750. The van der Waals surface area contributed by atoms with E-state index < -0.39 is 26.2 Å². The maximum Gasteiger partial charge on any atom is 0.306 e. The van der Waals surface area contributed by atoms with E-state index in [2.05, 4.69) is 4.74 Å². The first-order valence-electron chi connectivity index (χ1n) is 6.32. The zero-order valence-electron chi connectivity index (χ0n) is 12.4. The van der Waals surface area contributed by atoms with Crippen LogP contribution in [0.4, 0.5) is 0 Å². The Morgan fingerprint density at radius 3 is 2.00 bits per heavy atom. The summed E-state index contributed by atoms with van der Waals surface area (Å²) >= 11 is 0. The number of esters is 1. The van der Waals surface area contributed by atoms with Crippen LogP contribution in [-0.4, -0.2) is 88.9 Å². The van der Waals surface area contributed by atoms with Gasteiger partial charge in [0.1, 0.15) is 0 Å². The van der Waals surface area contributed by atoms with Crippen molar-refractivity contribution in [3.8, 4) is 0 Å². The molecule has 0 aliphatic carbocycles. The van der Waals surface area contributed by atoms with Crippen molar-refractivity contribution in [2.45, 2.75) is 6.42 Å². The van der Waals surface area contributed by atoms with E-state index in [1.54, 1.807) is 0 Å². The second-order valence-corrected chi connectivity index (χ2v) is 8.73. The van der Waals surface area contributed by atoms with Crippen LogP contribution in [0.5, 0.6) is 0 Å². The largest absolute Gasteiger partial charge is 0.469 e. The van der Waals surface area contributed by atoms with Gasteiger partial charge in [-0.3, -0.25) is 4.79 Å².